The minimum absolute atomic E-state index is 0.0949. The summed E-state index contributed by atoms with van der Waals surface area (Å²) in [5.74, 6) is 0. The van der Waals surface area contributed by atoms with Gasteiger partial charge in [-0.3, -0.25) is 0 Å². The van der Waals surface area contributed by atoms with Crippen LogP contribution in [0.15, 0.2) is 0 Å². The van der Waals surface area contributed by atoms with Crippen molar-refractivity contribution in [1.82, 2.24) is 0 Å². The first kappa shape index (κ1) is 9.32. The summed E-state index contributed by atoms with van der Waals surface area (Å²) < 4.78 is 14.5. The standard InChI is InChI=1S/C8H14O4/c1-8(2,3)12-7(9)11-5-6-4-10-6/h6H,4-5H2,1-3H3/t6-/m0/s1. The molecule has 1 fully saturated rings. The third-order valence-electron chi connectivity index (χ3n) is 1.18. The molecule has 12 heavy (non-hydrogen) atoms. The van der Waals surface area contributed by atoms with Crippen LogP contribution in [0.1, 0.15) is 20.8 Å². The van der Waals surface area contributed by atoms with Gasteiger partial charge in [0.2, 0.25) is 0 Å². The highest BCUT2D eigenvalue weighted by atomic mass is 16.7. The number of hydrogen-bond acceptors (Lipinski definition) is 4. The van der Waals surface area contributed by atoms with Gasteiger partial charge >= 0.3 is 6.16 Å². The molecule has 0 amide bonds. The molecular formula is C8H14O4. The molecule has 1 aliphatic heterocycles. The van der Waals surface area contributed by atoms with Crippen molar-refractivity contribution in [1.29, 1.82) is 0 Å². The molecule has 0 saturated carbocycles. The number of ether oxygens (including phenoxy) is 3. The van der Waals surface area contributed by atoms with E-state index in [0.717, 1.165) is 0 Å². The quantitative estimate of drug-likeness (QED) is 0.468. The Hall–Kier alpha value is -0.770. The first-order valence-electron chi connectivity index (χ1n) is 3.95. The van der Waals surface area contributed by atoms with E-state index in [9.17, 15) is 4.79 Å². The van der Waals surface area contributed by atoms with Crippen LogP contribution in [0.2, 0.25) is 0 Å². The van der Waals surface area contributed by atoms with E-state index in [2.05, 4.69) is 0 Å². The zero-order valence-electron chi connectivity index (χ0n) is 7.62. The lowest BCUT2D eigenvalue weighted by atomic mass is 10.2. The van der Waals surface area contributed by atoms with Gasteiger partial charge in [-0.15, -0.1) is 0 Å². The Morgan fingerprint density at radius 3 is 2.58 bits per heavy atom. The van der Waals surface area contributed by atoms with Gasteiger partial charge in [-0.2, -0.15) is 0 Å². The molecule has 1 rings (SSSR count). The molecule has 1 aliphatic rings. The predicted octanol–water partition coefficient (Wildman–Crippen LogP) is 1.34. The van der Waals surface area contributed by atoms with Crippen LogP contribution < -0.4 is 0 Å². The van der Waals surface area contributed by atoms with Crippen molar-refractivity contribution in [2.24, 2.45) is 0 Å². The Kier molecular flexibility index (Phi) is 2.57. The summed E-state index contributed by atoms with van der Waals surface area (Å²) >= 11 is 0. The molecular weight excluding hydrogens is 160 g/mol. The third kappa shape index (κ3) is 4.18. The zero-order chi connectivity index (χ0) is 9.19. The Morgan fingerprint density at radius 1 is 1.58 bits per heavy atom. The van der Waals surface area contributed by atoms with Crippen molar-refractivity contribution in [3.8, 4) is 0 Å². The van der Waals surface area contributed by atoms with E-state index >= 15 is 0 Å². The highest BCUT2D eigenvalue weighted by molar-refractivity contribution is 5.60. The van der Waals surface area contributed by atoms with E-state index in [1.165, 1.54) is 0 Å². The molecule has 0 aromatic carbocycles. The molecule has 0 aromatic rings. The van der Waals surface area contributed by atoms with E-state index in [1.807, 2.05) is 0 Å². The van der Waals surface area contributed by atoms with E-state index in [0.29, 0.717) is 13.2 Å². The van der Waals surface area contributed by atoms with Gasteiger partial charge in [0.15, 0.2) is 0 Å². The fraction of sp³-hybridized carbons (Fsp3) is 0.875. The smallest absolute Gasteiger partial charge is 0.431 e. The number of rotatable bonds is 2. The molecule has 0 aliphatic carbocycles. The van der Waals surface area contributed by atoms with Crippen molar-refractivity contribution >= 4 is 6.16 Å². The SMILES string of the molecule is CC(C)(C)OC(=O)OC[C@@H]1CO1. The number of epoxide rings is 1. The van der Waals surface area contributed by atoms with E-state index < -0.39 is 11.8 Å². The van der Waals surface area contributed by atoms with Crippen LogP contribution in [-0.4, -0.2) is 31.1 Å². The van der Waals surface area contributed by atoms with Crippen LogP contribution in [0, 0.1) is 0 Å². The Morgan fingerprint density at radius 2 is 2.17 bits per heavy atom. The highest BCUT2D eigenvalue weighted by Crippen LogP contribution is 2.11. The molecule has 0 unspecified atom stereocenters. The first-order valence-corrected chi connectivity index (χ1v) is 3.95. The molecule has 4 heteroatoms. The average molecular weight is 174 g/mol. The molecule has 0 bridgehead atoms. The number of carbonyl (C=O) groups is 1. The van der Waals surface area contributed by atoms with Crippen LogP contribution in [0.25, 0.3) is 0 Å². The van der Waals surface area contributed by atoms with Gasteiger partial charge in [-0.25, -0.2) is 4.79 Å². The van der Waals surface area contributed by atoms with Crippen molar-refractivity contribution in [3.05, 3.63) is 0 Å². The largest absolute Gasteiger partial charge is 0.508 e. The van der Waals surface area contributed by atoms with Gasteiger partial charge in [0.1, 0.15) is 18.3 Å². The third-order valence-corrected chi connectivity index (χ3v) is 1.18. The highest BCUT2D eigenvalue weighted by Gasteiger charge is 2.25. The summed E-state index contributed by atoms with van der Waals surface area (Å²) in [5.41, 5.74) is -0.485. The second-order valence-corrected chi connectivity index (χ2v) is 3.73. The molecule has 0 N–H and O–H groups in total. The van der Waals surface area contributed by atoms with Gasteiger partial charge < -0.3 is 14.2 Å². The topological polar surface area (TPSA) is 48.1 Å². The normalized spacial score (nSPS) is 21.8. The second kappa shape index (κ2) is 3.31. The van der Waals surface area contributed by atoms with E-state index in [-0.39, 0.29) is 6.10 Å². The minimum Gasteiger partial charge on any atom is -0.431 e. The monoisotopic (exact) mass is 174 g/mol. The van der Waals surface area contributed by atoms with Crippen molar-refractivity contribution in [3.63, 3.8) is 0 Å². The Labute approximate surface area is 71.8 Å². The van der Waals surface area contributed by atoms with Gasteiger partial charge in [0.05, 0.1) is 6.61 Å². The van der Waals surface area contributed by atoms with Crippen LogP contribution in [-0.2, 0) is 14.2 Å². The van der Waals surface area contributed by atoms with Crippen LogP contribution in [0.4, 0.5) is 4.79 Å². The molecule has 1 atom stereocenters. The second-order valence-electron chi connectivity index (χ2n) is 3.73. The maximum absolute atomic E-state index is 10.9. The molecule has 1 heterocycles. The van der Waals surface area contributed by atoms with Gasteiger partial charge in [-0.1, -0.05) is 0 Å². The first-order chi connectivity index (χ1) is 5.47. The van der Waals surface area contributed by atoms with Crippen LogP contribution >= 0.6 is 0 Å². The molecule has 4 nitrogen and oxygen atoms in total. The van der Waals surface area contributed by atoms with Crippen molar-refractivity contribution in [2.75, 3.05) is 13.2 Å². The maximum atomic E-state index is 10.9. The average Bonchev–Trinajstić information content (AvgIpc) is 2.61. The van der Waals surface area contributed by atoms with Crippen molar-refractivity contribution in [2.45, 2.75) is 32.5 Å². The van der Waals surface area contributed by atoms with Crippen molar-refractivity contribution < 1.29 is 19.0 Å². The van der Waals surface area contributed by atoms with E-state index in [4.69, 9.17) is 14.2 Å². The fourth-order valence-corrected chi connectivity index (χ4v) is 0.605. The number of hydrogen-bond donors (Lipinski definition) is 0. The molecule has 0 spiro atoms. The minimum atomic E-state index is -0.627. The summed E-state index contributed by atoms with van der Waals surface area (Å²) in [6.07, 6.45) is -0.532. The van der Waals surface area contributed by atoms with Gasteiger partial charge in [0, 0.05) is 0 Å². The van der Waals surface area contributed by atoms with Gasteiger partial charge in [0.25, 0.3) is 0 Å². The lowest BCUT2D eigenvalue weighted by Crippen LogP contribution is -2.25. The summed E-state index contributed by atoms with van der Waals surface area (Å²) in [5, 5.41) is 0. The van der Waals surface area contributed by atoms with Gasteiger partial charge in [-0.05, 0) is 20.8 Å². The summed E-state index contributed by atoms with van der Waals surface area (Å²) in [4.78, 5) is 10.9. The predicted molar refractivity (Wildman–Crippen MR) is 41.9 cm³/mol. The van der Waals surface area contributed by atoms with E-state index in [1.54, 1.807) is 20.8 Å². The summed E-state index contributed by atoms with van der Waals surface area (Å²) in [6.45, 7) is 6.36. The summed E-state index contributed by atoms with van der Waals surface area (Å²) in [6, 6.07) is 0. The Bertz CT molecular complexity index is 166. The molecule has 0 aromatic heterocycles. The fourth-order valence-electron chi connectivity index (χ4n) is 0.605. The lowest BCUT2D eigenvalue weighted by molar-refractivity contribution is -0.00946. The molecule has 70 valence electrons. The van der Waals surface area contributed by atoms with Crippen LogP contribution in [0.5, 0.6) is 0 Å². The Balaban J connectivity index is 2.10. The molecule has 0 radical (unpaired) electrons. The maximum Gasteiger partial charge on any atom is 0.508 e. The zero-order valence-corrected chi connectivity index (χ0v) is 7.62. The van der Waals surface area contributed by atoms with Crippen LogP contribution in [0.3, 0.4) is 0 Å². The number of carbonyl (C=O) groups excluding carboxylic acids is 1. The summed E-state index contributed by atoms with van der Waals surface area (Å²) in [7, 11) is 0. The lowest BCUT2D eigenvalue weighted by Gasteiger charge is -2.18. The molecule has 1 saturated heterocycles.